The monoisotopic (exact) mass is 288 g/mol. The molecule has 0 spiro atoms. The van der Waals surface area contributed by atoms with E-state index in [1.165, 1.54) is 0 Å². The second-order valence-electron chi connectivity index (χ2n) is 4.71. The van der Waals surface area contributed by atoms with Crippen molar-refractivity contribution in [2.45, 2.75) is 0 Å². The zero-order valence-electron chi connectivity index (χ0n) is 11.6. The van der Waals surface area contributed by atoms with Crippen molar-refractivity contribution < 1.29 is 14.3 Å². The summed E-state index contributed by atoms with van der Waals surface area (Å²) in [6, 6.07) is 21.8. The quantitative estimate of drug-likeness (QED) is 0.243. The van der Waals surface area contributed by atoms with Gasteiger partial charge in [-0.2, -0.15) is 4.79 Å². The Labute approximate surface area is 127 Å². The Bertz CT molecular complexity index is 882. The van der Waals surface area contributed by atoms with Crippen molar-refractivity contribution in [2.24, 2.45) is 0 Å². The molecule has 0 aliphatic heterocycles. The molecule has 3 aromatic rings. The van der Waals surface area contributed by atoms with Crippen LogP contribution in [-0.2, 0) is 4.79 Å². The minimum atomic E-state index is -0.705. The highest BCUT2D eigenvalue weighted by Gasteiger charge is 2.25. The Morgan fingerprint density at radius 3 is 2.27 bits per heavy atom. The fraction of sp³-hybridized carbons (Fsp3) is 0. The van der Waals surface area contributed by atoms with Gasteiger partial charge in [0.05, 0.1) is 5.56 Å². The molecule has 0 heterocycles. The summed E-state index contributed by atoms with van der Waals surface area (Å²) in [6.07, 6.45) is 0. The first-order chi connectivity index (χ1) is 10.8. The standard InChI is InChI=1S/C18H12N2O2/c19-20-17(18(21)22-16-8-2-1-3-9-16)15-11-10-13-6-4-5-7-14(13)12-15/h1-12H. The number of fused-ring (bicyclic) bond motifs is 1. The largest absolute Gasteiger partial charge is 0.427 e. The van der Waals surface area contributed by atoms with E-state index in [2.05, 4.69) is 4.79 Å². The van der Waals surface area contributed by atoms with E-state index in [1.54, 1.807) is 36.4 Å². The highest BCUT2D eigenvalue weighted by molar-refractivity contribution is 6.41. The van der Waals surface area contributed by atoms with Gasteiger partial charge in [0.15, 0.2) is 0 Å². The molecule has 3 aromatic carbocycles. The summed E-state index contributed by atoms with van der Waals surface area (Å²) in [7, 11) is 0. The third kappa shape index (κ3) is 2.77. The molecule has 0 bridgehead atoms. The molecule has 4 heteroatoms. The Morgan fingerprint density at radius 1 is 0.864 bits per heavy atom. The predicted octanol–water partition coefficient (Wildman–Crippen LogP) is 3.46. The molecular formula is C18H12N2O2. The second kappa shape index (κ2) is 6.04. The van der Waals surface area contributed by atoms with Crippen molar-refractivity contribution in [3.05, 3.63) is 83.9 Å². The van der Waals surface area contributed by atoms with Crippen LogP contribution in [0.5, 0.6) is 5.75 Å². The van der Waals surface area contributed by atoms with Gasteiger partial charge in [-0.3, -0.25) is 0 Å². The smallest absolute Gasteiger partial charge is 0.418 e. The number of nitrogens with zero attached hydrogens (tertiary/aromatic N) is 2. The van der Waals surface area contributed by atoms with Crippen molar-refractivity contribution in [1.82, 2.24) is 0 Å². The van der Waals surface area contributed by atoms with E-state index in [4.69, 9.17) is 4.74 Å². The molecule has 0 saturated heterocycles. The average Bonchev–Trinajstić information content (AvgIpc) is 2.56. The van der Waals surface area contributed by atoms with Gasteiger partial charge in [-0.15, -0.1) is 0 Å². The molecule has 0 aromatic heterocycles. The van der Waals surface area contributed by atoms with E-state index in [0.717, 1.165) is 10.8 Å². The lowest BCUT2D eigenvalue weighted by molar-refractivity contribution is -0.131. The lowest BCUT2D eigenvalue weighted by Gasteiger charge is -2.02. The Balaban J connectivity index is 1.92. The van der Waals surface area contributed by atoms with Crippen molar-refractivity contribution in [1.29, 1.82) is 0 Å². The van der Waals surface area contributed by atoms with Gasteiger partial charge in [-0.1, -0.05) is 48.5 Å². The van der Waals surface area contributed by atoms with Crippen LogP contribution in [0.15, 0.2) is 72.8 Å². The van der Waals surface area contributed by atoms with E-state index in [-0.39, 0.29) is 5.71 Å². The van der Waals surface area contributed by atoms with Gasteiger partial charge < -0.3 is 10.3 Å². The highest BCUT2D eigenvalue weighted by atomic mass is 16.5. The lowest BCUT2D eigenvalue weighted by Crippen LogP contribution is -2.22. The molecule has 4 nitrogen and oxygen atoms in total. The molecule has 22 heavy (non-hydrogen) atoms. The van der Waals surface area contributed by atoms with Crippen LogP contribution in [0.1, 0.15) is 5.56 Å². The summed E-state index contributed by atoms with van der Waals surface area (Å²) in [6.45, 7) is 0. The topological polar surface area (TPSA) is 62.7 Å². The van der Waals surface area contributed by atoms with Gasteiger partial charge >= 0.3 is 11.7 Å². The van der Waals surface area contributed by atoms with Crippen molar-refractivity contribution >= 4 is 22.5 Å². The number of hydrogen-bond donors (Lipinski definition) is 0. The molecule has 3 rings (SSSR count). The maximum atomic E-state index is 12.2. The number of esters is 1. The number of ether oxygens (including phenoxy) is 1. The summed E-state index contributed by atoms with van der Waals surface area (Å²) in [5, 5.41) is 1.99. The van der Waals surface area contributed by atoms with Gasteiger partial charge in [-0.05, 0) is 35.0 Å². The summed E-state index contributed by atoms with van der Waals surface area (Å²) in [5.74, 6) is -0.307. The van der Waals surface area contributed by atoms with Crippen LogP contribution in [0.25, 0.3) is 16.3 Å². The zero-order chi connectivity index (χ0) is 15.4. The zero-order valence-corrected chi connectivity index (χ0v) is 11.6. The molecular weight excluding hydrogens is 276 g/mol. The average molecular weight is 288 g/mol. The van der Waals surface area contributed by atoms with Gasteiger partial charge in [0.2, 0.25) is 0 Å². The molecule has 0 aliphatic rings. The van der Waals surface area contributed by atoms with E-state index >= 15 is 0 Å². The van der Waals surface area contributed by atoms with E-state index in [1.807, 2.05) is 36.4 Å². The number of hydrogen-bond acceptors (Lipinski definition) is 2. The first-order valence-corrected chi connectivity index (χ1v) is 6.76. The number of carbonyl (C=O) groups is 1. The Hall–Kier alpha value is -3.23. The number of benzene rings is 3. The van der Waals surface area contributed by atoms with E-state index < -0.39 is 5.97 Å². The summed E-state index contributed by atoms with van der Waals surface area (Å²) in [5.41, 5.74) is 9.56. The van der Waals surface area contributed by atoms with Crippen LogP contribution in [0, 0.1) is 0 Å². The van der Waals surface area contributed by atoms with Gasteiger partial charge in [0.1, 0.15) is 5.75 Å². The normalized spacial score (nSPS) is 10.0. The molecule has 0 fully saturated rings. The fourth-order valence-corrected chi connectivity index (χ4v) is 2.20. The fourth-order valence-electron chi connectivity index (χ4n) is 2.20. The molecule has 0 N–H and O–H groups in total. The number of para-hydroxylation sites is 1. The first kappa shape index (κ1) is 13.7. The third-order valence-electron chi connectivity index (χ3n) is 3.27. The highest BCUT2D eigenvalue weighted by Crippen LogP contribution is 2.17. The molecule has 106 valence electrons. The van der Waals surface area contributed by atoms with E-state index in [9.17, 15) is 10.3 Å². The Morgan fingerprint density at radius 2 is 1.55 bits per heavy atom. The van der Waals surface area contributed by atoms with Crippen molar-refractivity contribution in [3.8, 4) is 5.75 Å². The molecule has 0 amide bonds. The van der Waals surface area contributed by atoms with Crippen LogP contribution < -0.4 is 4.74 Å². The Kier molecular flexibility index (Phi) is 3.77. The first-order valence-electron chi connectivity index (χ1n) is 6.76. The number of rotatable bonds is 3. The summed E-state index contributed by atoms with van der Waals surface area (Å²) < 4.78 is 5.20. The number of carbonyl (C=O) groups excluding carboxylic acids is 1. The minimum Gasteiger partial charge on any atom is -0.418 e. The second-order valence-corrected chi connectivity index (χ2v) is 4.71. The maximum Gasteiger partial charge on any atom is 0.427 e. The van der Waals surface area contributed by atoms with E-state index in [0.29, 0.717) is 11.3 Å². The summed E-state index contributed by atoms with van der Waals surface area (Å²) >= 11 is 0. The third-order valence-corrected chi connectivity index (χ3v) is 3.27. The van der Waals surface area contributed by atoms with Crippen LogP contribution in [0.2, 0.25) is 0 Å². The molecule has 0 atom stereocenters. The maximum absolute atomic E-state index is 12.2. The molecule has 0 saturated carbocycles. The van der Waals surface area contributed by atoms with Crippen LogP contribution in [-0.4, -0.2) is 16.5 Å². The lowest BCUT2D eigenvalue weighted by atomic mass is 10.0. The predicted molar refractivity (Wildman–Crippen MR) is 83.8 cm³/mol. The molecule has 0 unspecified atom stereocenters. The van der Waals surface area contributed by atoms with Crippen LogP contribution in [0.4, 0.5) is 0 Å². The molecule has 0 radical (unpaired) electrons. The van der Waals surface area contributed by atoms with Crippen LogP contribution >= 0.6 is 0 Å². The van der Waals surface area contributed by atoms with Crippen LogP contribution in [0.3, 0.4) is 0 Å². The van der Waals surface area contributed by atoms with Gasteiger partial charge in [0.25, 0.3) is 0 Å². The van der Waals surface area contributed by atoms with Gasteiger partial charge in [0, 0.05) is 0 Å². The van der Waals surface area contributed by atoms with Gasteiger partial charge in [-0.25, -0.2) is 4.79 Å². The van der Waals surface area contributed by atoms with Crippen molar-refractivity contribution in [3.63, 3.8) is 0 Å². The minimum absolute atomic E-state index is 0.130. The van der Waals surface area contributed by atoms with Crippen molar-refractivity contribution in [2.75, 3.05) is 0 Å². The SMILES string of the molecule is [N-]=[N+]=C(C(=O)Oc1ccccc1)c1ccc2ccccc2c1. The summed E-state index contributed by atoms with van der Waals surface area (Å²) in [4.78, 5) is 15.3. The molecule has 0 aliphatic carbocycles.